The predicted octanol–water partition coefficient (Wildman–Crippen LogP) is 5.01. The zero-order chi connectivity index (χ0) is 18.7. The van der Waals surface area contributed by atoms with Crippen LogP contribution >= 0.6 is 0 Å². The molecule has 1 N–H and O–H groups in total. The molecule has 2 unspecified atom stereocenters. The van der Waals surface area contributed by atoms with Crippen LogP contribution in [0.15, 0.2) is 48.5 Å². The van der Waals surface area contributed by atoms with Crippen LogP contribution in [0.2, 0.25) is 0 Å². The van der Waals surface area contributed by atoms with Crippen molar-refractivity contribution >= 4 is 11.6 Å². The molecule has 0 radical (unpaired) electrons. The van der Waals surface area contributed by atoms with Gasteiger partial charge in [0, 0.05) is 17.3 Å². The van der Waals surface area contributed by atoms with Crippen molar-refractivity contribution in [3.8, 4) is 5.75 Å². The molecule has 1 aliphatic rings. The van der Waals surface area contributed by atoms with Gasteiger partial charge < -0.3 is 15.0 Å². The average Bonchev–Trinajstić information content (AvgIpc) is 2.66. The molecule has 4 nitrogen and oxygen atoms in total. The molecule has 3 rings (SSSR count). The molecule has 1 amide bonds. The number of hydrogen-bond donors (Lipinski definition) is 1. The van der Waals surface area contributed by atoms with Gasteiger partial charge in [0.15, 0.2) is 0 Å². The lowest BCUT2D eigenvalue weighted by molar-refractivity contribution is 0.0399. The third-order valence-corrected chi connectivity index (χ3v) is 5.14. The van der Waals surface area contributed by atoms with E-state index in [4.69, 9.17) is 4.74 Å². The second kappa shape index (κ2) is 7.40. The van der Waals surface area contributed by atoms with Gasteiger partial charge in [-0.15, -0.1) is 0 Å². The number of fused-ring (bicyclic) bond motifs is 1. The number of ether oxygens (including phenoxy) is 1. The van der Waals surface area contributed by atoms with Crippen molar-refractivity contribution in [2.45, 2.75) is 52.2 Å². The van der Waals surface area contributed by atoms with Crippen LogP contribution in [0.3, 0.4) is 0 Å². The molecule has 2 aromatic rings. The molecule has 138 valence electrons. The first-order valence-electron chi connectivity index (χ1n) is 9.45. The standard InChI is InChI=1S/C22H28N2O2/c1-5-14-26-18-11-9-10-17(15-18)22(4)23-20-13-8-7-12-19(20)21(25)24(22)16(3)6-2/h7-13,15-16,23H,5-6,14H2,1-4H3. The van der Waals surface area contributed by atoms with Gasteiger partial charge in [-0.2, -0.15) is 0 Å². The summed E-state index contributed by atoms with van der Waals surface area (Å²) < 4.78 is 5.82. The maximum absolute atomic E-state index is 13.3. The van der Waals surface area contributed by atoms with Crippen molar-refractivity contribution in [3.63, 3.8) is 0 Å². The molecule has 0 spiro atoms. The zero-order valence-corrected chi connectivity index (χ0v) is 16.1. The SMILES string of the molecule is CCCOc1cccc(C2(C)Nc3ccccc3C(=O)N2C(C)CC)c1. The highest BCUT2D eigenvalue weighted by Crippen LogP contribution is 2.40. The zero-order valence-electron chi connectivity index (χ0n) is 16.1. The van der Waals surface area contributed by atoms with E-state index in [-0.39, 0.29) is 11.9 Å². The highest BCUT2D eigenvalue weighted by Gasteiger charge is 2.44. The monoisotopic (exact) mass is 352 g/mol. The summed E-state index contributed by atoms with van der Waals surface area (Å²) in [5.41, 5.74) is 1.99. The van der Waals surface area contributed by atoms with E-state index in [1.54, 1.807) is 0 Å². The number of carbonyl (C=O) groups is 1. The van der Waals surface area contributed by atoms with Gasteiger partial charge in [-0.3, -0.25) is 4.79 Å². The summed E-state index contributed by atoms with van der Waals surface area (Å²) in [6, 6.07) is 15.9. The molecule has 0 aromatic heterocycles. The molecule has 1 heterocycles. The molecule has 0 aliphatic carbocycles. The van der Waals surface area contributed by atoms with Gasteiger partial charge in [0.2, 0.25) is 0 Å². The van der Waals surface area contributed by atoms with E-state index < -0.39 is 5.66 Å². The van der Waals surface area contributed by atoms with Gasteiger partial charge in [0.1, 0.15) is 11.4 Å². The maximum atomic E-state index is 13.3. The Morgan fingerprint density at radius 2 is 1.92 bits per heavy atom. The molecule has 0 fully saturated rings. The van der Waals surface area contributed by atoms with Crippen LogP contribution in [0.25, 0.3) is 0 Å². The minimum absolute atomic E-state index is 0.0658. The fraction of sp³-hybridized carbons (Fsp3) is 0.409. The van der Waals surface area contributed by atoms with E-state index in [0.29, 0.717) is 6.61 Å². The lowest BCUT2D eigenvalue weighted by Crippen LogP contribution is -2.58. The fourth-order valence-corrected chi connectivity index (χ4v) is 3.58. The van der Waals surface area contributed by atoms with Crippen molar-refractivity contribution in [1.29, 1.82) is 0 Å². The lowest BCUT2D eigenvalue weighted by Gasteiger charge is -2.49. The quantitative estimate of drug-likeness (QED) is 0.794. The normalized spacial score (nSPS) is 20.3. The Kier molecular flexibility index (Phi) is 5.21. The molecule has 26 heavy (non-hydrogen) atoms. The van der Waals surface area contributed by atoms with Gasteiger partial charge in [-0.05, 0) is 51.0 Å². The minimum atomic E-state index is -0.632. The van der Waals surface area contributed by atoms with E-state index in [9.17, 15) is 4.79 Å². The van der Waals surface area contributed by atoms with Gasteiger partial charge in [0.05, 0.1) is 12.2 Å². The summed E-state index contributed by atoms with van der Waals surface area (Å²) in [6.45, 7) is 9.06. The van der Waals surface area contributed by atoms with Crippen molar-refractivity contribution in [3.05, 3.63) is 59.7 Å². The summed E-state index contributed by atoms with van der Waals surface area (Å²) in [5, 5.41) is 3.62. The lowest BCUT2D eigenvalue weighted by atomic mass is 9.91. The number of nitrogens with one attached hydrogen (secondary N) is 1. The van der Waals surface area contributed by atoms with Gasteiger partial charge in [-0.1, -0.05) is 38.1 Å². The number of nitrogens with zero attached hydrogens (tertiary/aromatic N) is 1. The Hall–Kier alpha value is -2.49. The van der Waals surface area contributed by atoms with E-state index in [1.165, 1.54) is 0 Å². The first-order chi connectivity index (χ1) is 12.5. The Labute approximate surface area is 156 Å². The first-order valence-corrected chi connectivity index (χ1v) is 9.45. The number of rotatable bonds is 6. The van der Waals surface area contributed by atoms with Crippen LogP contribution in [-0.4, -0.2) is 23.5 Å². The van der Waals surface area contributed by atoms with Crippen LogP contribution in [0.1, 0.15) is 56.5 Å². The molecule has 0 bridgehead atoms. The average molecular weight is 352 g/mol. The first kappa shape index (κ1) is 18.3. The molecule has 0 saturated heterocycles. The Morgan fingerprint density at radius 3 is 2.65 bits per heavy atom. The molecule has 2 aromatic carbocycles. The molecule has 4 heteroatoms. The van der Waals surface area contributed by atoms with Crippen molar-refractivity contribution in [2.24, 2.45) is 0 Å². The summed E-state index contributed by atoms with van der Waals surface area (Å²) in [6.07, 6.45) is 1.85. The van der Waals surface area contributed by atoms with Crippen LogP contribution in [0.5, 0.6) is 5.75 Å². The fourth-order valence-electron chi connectivity index (χ4n) is 3.58. The van der Waals surface area contributed by atoms with E-state index in [2.05, 4.69) is 39.1 Å². The predicted molar refractivity (Wildman–Crippen MR) is 106 cm³/mol. The number of anilines is 1. The summed E-state index contributed by atoms with van der Waals surface area (Å²) in [7, 11) is 0. The van der Waals surface area contributed by atoms with Crippen LogP contribution < -0.4 is 10.1 Å². The van der Waals surface area contributed by atoms with E-state index >= 15 is 0 Å². The minimum Gasteiger partial charge on any atom is -0.494 e. The summed E-state index contributed by atoms with van der Waals surface area (Å²) >= 11 is 0. The number of benzene rings is 2. The Balaban J connectivity index is 2.08. The second-order valence-electron chi connectivity index (χ2n) is 7.05. The van der Waals surface area contributed by atoms with Gasteiger partial charge >= 0.3 is 0 Å². The Morgan fingerprint density at radius 1 is 1.15 bits per heavy atom. The molecule has 1 aliphatic heterocycles. The molecule has 2 atom stereocenters. The third-order valence-electron chi connectivity index (χ3n) is 5.14. The van der Waals surface area contributed by atoms with E-state index in [1.807, 2.05) is 47.4 Å². The van der Waals surface area contributed by atoms with Gasteiger partial charge in [-0.25, -0.2) is 0 Å². The Bertz CT molecular complexity index is 789. The maximum Gasteiger partial charge on any atom is 0.258 e. The van der Waals surface area contributed by atoms with E-state index in [0.717, 1.165) is 35.4 Å². The number of hydrogen-bond acceptors (Lipinski definition) is 3. The summed E-state index contributed by atoms with van der Waals surface area (Å²) in [4.78, 5) is 15.3. The van der Waals surface area contributed by atoms with Gasteiger partial charge in [0.25, 0.3) is 5.91 Å². The highest BCUT2D eigenvalue weighted by atomic mass is 16.5. The molecular weight excluding hydrogens is 324 g/mol. The van der Waals surface area contributed by atoms with Crippen LogP contribution in [-0.2, 0) is 5.66 Å². The number of para-hydroxylation sites is 1. The number of carbonyl (C=O) groups excluding carboxylic acids is 1. The molecule has 0 saturated carbocycles. The smallest absolute Gasteiger partial charge is 0.258 e. The molecular formula is C22H28N2O2. The largest absolute Gasteiger partial charge is 0.494 e. The topological polar surface area (TPSA) is 41.6 Å². The highest BCUT2D eigenvalue weighted by molar-refractivity contribution is 6.02. The summed E-state index contributed by atoms with van der Waals surface area (Å²) in [5.74, 6) is 0.902. The van der Waals surface area contributed by atoms with Crippen LogP contribution in [0, 0.1) is 0 Å². The van der Waals surface area contributed by atoms with Crippen LogP contribution in [0.4, 0.5) is 5.69 Å². The van der Waals surface area contributed by atoms with Crippen molar-refractivity contribution in [1.82, 2.24) is 4.90 Å². The third kappa shape index (κ3) is 3.16. The number of amides is 1. The second-order valence-corrected chi connectivity index (χ2v) is 7.05. The van der Waals surface area contributed by atoms with Crippen molar-refractivity contribution < 1.29 is 9.53 Å². The van der Waals surface area contributed by atoms with Crippen molar-refractivity contribution in [2.75, 3.05) is 11.9 Å².